The van der Waals surface area contributed by atoms with Crippen LogP contribution in [0.4, 0.5) is 0 Å². The average Bonchev–Trinajstić information content (AvgIpc) is 4.08. The van der Waals surface area contributed by atoms with Gasteiger partial charge in [0.2, 0.25) is 0 Å². The topological polar surface area (TPSA) is 9.34 Å². The van der Waals surface area contributed by atoms with Gasteiger partial charge in [-0.2, -0.15) is 0 Å². The van der Waals surface area contributed by atoms with Crippen LogP contribution in [-0.2, 0) is 6.42 Å². The van der Waals surface area contributed by atoms with Crippen LogP contribution in [0.15, 0.2) is 188 Å². The average molecular weight is 837 g/mol. The predicted molar refractivity (Wildman–Crippen MR) is 274 cm³/mol. The number of hydrogen-bond acceptors (Lipinski definition) is 1. The first-order valence-electron chi connectivity index (χ1n) is 23.0. The van der Waals surface area contributed by atoms with Gasteiger partial charge in [-0.15, -0.1) is 11.3 Å². The normalized spacial score (nSPS) is 16.6. The molecule has 4 heterocycles. The summed E-state index contributed by atoms with van der Waals surface area (Å²) in [5, 5.41) is 9.30. The second-order valence-electron chi connectivity index (χ2n) is 18.1. The zero-order valence-corrected chi connectivity index (χ0v) is 36.7. The maximum atomic E-state index is 2.69. The third kappa shape index (κ3) is 4.85. The van der Waals surface area contributed by atoms with Crippen molar-refractivity contribution in [1.82, 2.24) is 8.97 Å². The van der Waals surface area contributed by atoms with Crippen LogP contribution in [-0.4, -0.2) is 8.97 Å². The van der Waals surface area contributed by atoms with Gasteiger partial charge in [-0.05, 0) is 100 Å². The Morgan fingerprint density at radius 2 is 1.22 bits per heavy atom. The van der Waals surface area contributed by atoms with E-state index in [0.29, 0.717) is 0 Å². The van der Waals surface area contributed by atoms with Crippen LogP contribution in [0.5, 0.6) is 0 Å². The minimum Gasteiger partial charge on any atom is -0.309 e. The summed E-state index contributed by atoms with van der Waals surface area (Å²) in [6.07, 6.45) is 5.50. The maximum absolute atomic E-state index is 2.69. The van der Waals surface area contributed by atoms with Crippen molar-refractivity contribution in [2.24, 2.45) is 0 Å². The number of benzene rings is 8. The molecule has 64 heavy (non-hydrogen) atoms. The minimum atomic E-state index is 0.167. The fourth-order valence-corrected chi connectivity index (χ4v) is 13.6. The highest BCUT2D eigenvalue weighted by Gasteiger charge is 2.38. The highest BCUT2D eigenvalue weighted by atomic mass is 32.1. The molecule has 0 aliphatic heterocycles. The van der Waals surface area contributed by atoms with Gasteiger partial charge >= 0.3 is 0 Å². The lowest BCUT2D eigenvalue weighted by Gasteiger charge is -2.38. The lowest BCUT2D eigenvalue weighted by Crippen LogP contribution is -2.20. The van der Waals surface area contributed by atoms with Crippen LogP contribution in [0.1, 0.15) is 60.1 Å². The number of nitrogens with zero attached hydrogens (tertiary/aromatic N) is 2. The zero-order chi connectivity index (χ0) is 42.2. The van der Waals surface area contributed by atoms with Gasteiger partial charge in [0, 0.05) is 64.5 Å². The van der Waals surface area contributed by atoms with Gasteiger partial charge in [0.15, 0.2) is 0 Å². The molecule has 0 unspecified atom stereocenters. The standard InChI is InChI=1S/C61H44N2S/c1-3-39-49(29-17-31-55-58(47-26-13-16-30-54(47)64-55)59(39)56-36(2)40-20-7-8-21-41(40)42-22-9-10-23-44(42)56)62-50-27-14-11-24-45(50)57-53(62)35-48-43-33-32-38(37-18-5-4-6-19-37)34-52(43)63-51-28-15-12-25-46(51)60(57)61(48)63/h4-16,18-30,32-36,56H,3,17,31H2,1-2H3/t36-,56-/m0/s1. The van der Waals surface area contributed by atoms with Crippen LogP contribution in [0.3, 0.4) is 0 Å². The Kier molecular flexibility index (Phi) is 7.74. The summed E-state index contributed by atoms with van der Waals surface area (Å²) < 4.78 is 6.63. The molecule has 12 aromatic rings. The molecular weight excluding hydrogens is 793 g/mol. The summed E-state index contributed by atoms with van der Waals surface area (Å²) in [6, 6.07) is 66.5. The van der Waals surface area contributed by atoms with Crippen LogP contribution in [0.25, 0.3) is 104 Å². The Hall–Kier alpha value is -7.20. The number of aryl methyl sites for hydroxylation is 1. The van der Waals surface area contributed by atoms with Gasteiger partial charge in [-0.3, -0.25) is 0 Å². The number of aromatic nitrogens is 2. The van der Waals surface area contributed by atoms with Crippen molar-refractivity contribution in [3.05, 3.63) is 209 Å². The fraction of sp³-hybridized carbons (Fsp3) is 0.115. The monoisotopic (exact) mass is 836 g/mol. The molecule has 0 bridgehead atoms. The van der Waals surface area contributed by atoms with Gasteiger partial charge in [-0.1, -0.05) is 166 Å². The molecule has 0 spiro atoms. The number of allylic oxidation sites excluding steroid dienone is 4. The molecule has 8 aromatic carbocycles. The molecule has 2 atom stereocenters. The molecule has 2 aliphatic rings. The third-order valence-electron chi connectivity index (χ3n) is 14.9. The van der Waals surface area contributed by atoms with E-state index < -0.39 is 0 Å². The van der Waals surface area contributed by atoms with Gasteiger partial charge in [0.1, 0.15) is 0 Å². The molecule has 0 radical (unpaired) electrons. The molecule has 2 nitrogen and oxygen atoms in total. The van der Waals surface area contributed by atoms with Gasteiger partial charge in [0.25, 0.3) is 0 Å². The summed E-state index contributed by atoms with van der Waals surface area (Å²) in [7, 11) is 0. The molecule has 0 saturated carbocycles. The van der Waals surface area contributed by atoms with Crippen LogP contribution < -0.4 is 0 Å². The maximum Gasteiger partial charge on any atom is 0.0628 e. The summed E-state index contributed by atoms with van der Waals surface area (Å²) in [5.74, 6) is 0.442. The Labute approximate surface area is 376 Å². The van der Waals surface area contributed by atoms with E-state index in [1.54, 1.807) is 0 Å². The number of fused-ring (bicyclic) bond motifs is 16. The van der Waals surface area contributed by atoms with E-state index in [1.165, 1.54) is 131 Å². The molecule has 3 heteroatoms. The van der Waals surface area contributed by atoms with E-state index in [-0.39, 0.29) is 11.8 Å². The zero-order valence-electron chi connectivity index (χ0n) is 35.9. The van der Waals surface area contributed by atoms with Crippen molar-refractivity contribution in [3.8, 4) is 22.3 Å². The van der Waals surface area contributed by atoms with Crippen molar-refractivity contribution in [1.29, 1.82) is 0 Å². The molecule has 0 fully saturated rings. The fourth-order valence-electron chi connectivity index (χ4n) is 12.3. The van der Waals surface area contributed by atoms with Crippen LogP contribution >= 0.6 is 11.3 Å². The van der Waals surface area contributed by atoms with E-state index in [1.807, 2.05) is 11.3 Å². The SMILES string of the molecule is CCC1=C([C@@H]2c3ccccc3-c3ccccc3[C@@H]2C)c2c(sc3ccccc23)CCC=C1n1c2ccccc2c2c3c4ccccc4n4c5cc(-c6ccccc6)ccc5c(cc21)c34. The first-order chi connectivity index (χ1) is 31.7. The number of thiophene rings is 1. The number of para-hydroxylation sites is 2. The summed E-state index contributed by atoms with van der Waals surface area (Å²) in [4.78, 5) is 1.51. The second kappa shape index (κ2) is 13.6. The highest BCUT2D eigenvalue weighted by molar-refractivity contribution is 7.19. The Morgan fingerprint density at radius 1 is 0.547 bits per heavy atom. The number of hydrogen-bond donors (Lipinski definition) is 0. The van der Waals surface area contributed by atoms with Crippen LogP contribution in [0, 0.1) is 0 Å². The van der Waals surface area contributed by atoms with Gasteiger partial charge in [0.05, 0.1) is 27.6 Å². The van der Waals surface area contributed by atoms with Crippen molar-refractivity contribution in [3.63, 3.8) is 0 Å². The Bertz CT molecular complexity index is 3960. The largest absolute Gasteiger partial charge is 0.309 e. The minimum absolute atomic E-state index is 0.167. The first kappa shape index (κ1) is 36.3. The lowest BCUT2D eigenvalue weighted by molar-refractivity contribution is 0.677. The second-order valence-corrected chi connectivity index (χ2v) is 19.2. The Balaban J connectivity index is 1.13. The van der Waals surface area contributed by atoms with Crippen LogP contribution in [0.2, 0.25) is 0 Å². The quantitative estimate of drug-likeness (QED) is 0.167. The molecular formula is C61H44N2S. The first-order valence-corrected chi connectivity index (χ1v) is 23.8. The summed E-state index contributed by atoms with van der Waals surface area (Å²) in [5.41, 5.74) is 20.2. The molecule has 0 saturated heterocycles. The van der Waals surface area contributed by atoms with Crippen molar-refractivity contribution in [2.75, 3.05) is 0 Å². The van der Waals surface area contributed by atoms with Crippen molar-refractivity contribution in [2.45, 2.75) is 44.9 Å². The highest BCUT2D eigenvalue weighted by Crippen LogP contribution is 2.57. The van der Waals surface area contributed by atoms with Gasteiger partial charge < -0.3 is 8.97 Å². The smallest absolute Gasteiger partial charge is 0.0628 e. The van der Waals surface area contributed by atoms with E-state index >= 15 is 0 Å². The lowest BCUT2D eigenvalue weighted by atomic mass is 9.66. The van der Waals surface area contributed by atoms with E-state index in [9.17, 15) is 0 Å². The number of rotatable bonds is 4. The summed E-state index contributed by atoms with van der Waals surface area (Å²) >= 11 is 2.01. The third-order valence-corrected chi connectivity index (χ3v) is 16.2. The van der Waals surface area contributed by atoms with Gasteiger partial charge in [-0.25, -0.2) is 0 Å². The molecule has 304 valence electrons. The van der Waals surface area contributed by atoms with E-state index in [4.69, 9.17) is 0 Å². The van der Waals surface area contributed by atoms with Crippen molar-refractivity contribution >= 4 is 92.6 Å². The van der Waals surface area contributed by atoms with E-state index in [0.717, 1.165) is 19.3 Å². The van der Waals surface area contributed by atoms with Crippen molar-refractivity contribution < 1.29 is 0 Å². The Morgan fingerprint density at radius 3 is 2.03 bits per heavy atom. The molecule has 4 aromatic heterocycles. The molecule has 2 aliphatic carbocycles. The predicted octanol–water partition coefficient (Wildman–Crippen LogP) is 17.0. The molecule has 14 rings (SSSR count). The molecule has 0 amide bonds. The van der Waals surface area contributed by atoms with E-state index in [2.05, 4.69) is 205 Å². The molecule has 0 N–H and O–H groups in total. The summed E-state index contributed by atoms with van der Waals surface area (Å²) in [6.45, 7) is 4.90.